The second kappa shape index (κ2) is 8.96. The number of carbonyl (C=O) groups excluding carboxylic acids is 1. The average Bonchev–Trinajstić information content (AvgIpc) is 3.13. The van der Waals surface area contributed by atoms with Gasteiger partial charge in [-0.3, -0.25) is 4.79 Å². The lowest BCUT2D eigenvalue weighted by atomic mass is 9.93. The van der Waals surface area contributed by atoms with Crippen LogP contribution in [0.15, 0.2) is 60.8 Å². The van der Waals surface area contributed by atoms with Crippen molar-refractivity contribution < 1.29 is 4.79 Å². The van der Waals surface area contributed by atoms with Crippen LogP contribution in [0.2, 0.25) is 0 Å². The highest BCUT2D eigenvalue weighted by Gasteiger charge is 2.26. The van der Waals surface area contributed by atoms with Crippen molar-refractivity contribution in [1.82, 2.24) is 14.5 Å². The molecule has 152 valence electrons. The van der Waals surface area contributed by atoms with Crippen molar-refractivity contribution in [2.75, 3.05) is 13.1 Å². The fourth-order valence-corrected chi connectivity index (χ4v) is 4.23. The van der Waals surface area contributed by atoms with E-state index in [0.717, 1.165) is 50.4 Å². The smallest absolute Gasteiger partial charge is 0.253 e. The van der Waals surface area contributed by atoms with Gasteiger partial charge in [-0.25, -0.2) is 4.98 Å². The highest BCUT2D eigenvalue weighted by atomic mass is 16.2. The van der Waals surface area contributed by atoms with Gasteiger partial charge in [0, 0.05) is 43.5 Å². The lowest BCUT2D eigenvalue weighted by molar-refractivity contribution is 0.0671. The molecule has 1 atom stereocenters. The van der Waals surface area contributed by atoms with Crippen molar-refractivity contribution in [1.29, 1.82) is 5.26 Å². The Bertz CT molecular complexity index is 1060. The lowest BCUT2D eigenvalue weighted by Gasteiger charge is -2.33. The molecule has 1 aliphatic heterocycles. The van der Waals surface area contributed by atoms with Crippen LogP contribution in [0.25, 0.3) is 0 Å². The number of hydrogen-bond donors (Lipinski definition) is 0. The first-order valence-corrected chi connectivity index (χ1v) is 10.5. The summed E-state index contributed by atoms with van der Waals surface area (Å²) in [4.78, 5) is 19.6. The summed E-state index contributed by atoms with van der Waals surface area (Å²) >= 11 is 0. The predicted molar refractivity (Wildman–Crippen MR) is 116 cm³/mol. The van der Waals surface area contributed by atoms with Gasteiger partial charge in [0.15, 0.2) is 0 Å². The van der Waals surface area contributed by atoms with E-state index in [9.17, 15) is 4.79 Å². The number of piperidine rings is 1. The van der Waals surface area contributed by atoms with E-state index in [-0.39, 0.29) is 5.91 Å². The zero-order chi connectivity index (χ0) is 20.9. The number of aromatic nitrogens is 2. The zero-order valence-corrected chi connectivity index (χ0v) is 17.3. The van der Waals surface area contributed by atoms with Gasteiger partial charge >= 0.3 is 0 Å². The Labute approximate surface area is 177 Å². The van der Waals surface area contributed by atoms with Crippen LogP contribution in [0.5, 0.6) is 0 Å². The standard InChI is InChI=1S/C25H26N4O/c1-19-16-27-24(29(19)18-20-7-3-2-4-8-20)14-22-10-6-12-28(17-22)25(30)23-11-5-9-21(13-23)15-26/h2-5,7-9,11,13,16,22H,6,10,12,14,17-18H2,1H3. The van der Waals surface area contributed by atoms with E-state index >= 15 is 0 Å². The van der Waals surface area contributed by atoms with Gasteiger partial charge in [0.05, 0.1) is 11.6 Å². The minimum Gasteiger partial charge on any atom is -0.338 e. The molecule has 1 saturated heterocycles. The Balaban J connectivity index is 1.46. The minimum atomic E-state index is 0.0145. The predicted octanol–water partition coefficient (Wildman–Crippen LogP) is 4.21. The summed E-state index contributed by atoms with van der Waals surface area (Å²) in [6.07, 6.45) is 4.89. The molecule has 1 aliphatic rings. The molecule has 2 aromatic carbocycles. The number of nitriles is 1. The molecule has 0 saturated carbocycles. The first-order valence-electron chi connectivity index (χ1n) is 10.5. The van der Waals surface area contributed by atoms with E-state index in [0.29, 0.717) is 17.0 Å². The number of amides is 1. The summed E-state index contributed by atoms with van der Waals surface area (Å²) in [5.74, 6) is 1.49. The monoisotopic (exact) mass is 398 g/mol. The summed E-state index contributed by atoms with van der Waals surface area (Å²) in [7, 11) is 0. The number of aryl methyl sites for hydroxylation is 1. The highest BCUT2D eigenvalue weighted by molar-refractivity contribution is 5.94. The Morgan fingerprint density at radius 3 is 2.83 bits per heavy atom. The molecule has 5 nitrogen and oxygen atoms in total. The second-order valence-corrected chi connectivity index (χ2v) is 8.04. The average molecular weight is 399 g/mol. The van der Waals surface area contributed by atoms with Crippen LogP contribution in [0, 0.1) is 24.2 Å². The molecule has 30 heavy (non-hydrogen) atoms. The van der Waals surface area contributed by atoms with Crippen LogP contribution in [0.1, 0.15) is 45.8 Å². The third-order valence-corrected chi connectivity index (χ3v) is 5.84. The van der Waals surface area contributed by atoms with Gasteiger partial charge in [-0.05, 0) is 49.4 Å². The van der Waals surface area contributed by atoms with Gasteiger partial charge in [-0.2, -0.15) is 5.26 Å². The number of hydrogen-bond acceptors (Lipinski definition) is 3. The molecule has 0 radical (unpaired) electrons. The van der Waals surface area contributed by atoms with E-state index in [1.54, 1.807) is 24.3 Å². The lowest BCUT2D eigenvalue weighted by Crippen LogP contribution is -2.40. The quantitative estimate of drug-likeness (QED) is 0.647. The van der Waals surface area contributed by atoms with Crippen molar-refractivity contribution in [3.63, 3.8) is 0 Å². The van der Waals surface area contributed by atoms with Crippen molar-refractivity contribution in [2.24, 2.45) is 5.92 Å². The Kier molecular flexibility index (Phi) is 5.94. The fourth-order valence-electron chi connectivity index (χ4n) is 4.23. The first kappa shape index (κ1) is 19.9. The van der Waals surface area contributed by atoms with E-state index in [2.05, 4.69) is 46.8 Å². The van der Waals surface area contributed by atoms with Crippen molar-refractivity contribution in [3.8, 4) is 6.07 Å². The van der Waals surface area contributed by atoms with Crippen LogP contribution in [-0.2, 0) is 13.0 Å². The molecular weight excluding hydrogens is 372 g/mol. The normalized spacial score (nSPS) is 16.3. The zero-order valence-electron chi connectivity index (χ0n) is 17.3. The van der Waals surface area contributed by atoms with E-state index < -0.39 is 0 Å². The summed E-state index contributed by atoms with van der Waals surface area (Å²) in [5.41, 5.74) is 3.53. The Morgan fingerprint density at radius 2 is 2.03 bits per heavy atom. The SMILES string of the molecule is Cc1cnc(CC2CCCN(C(=O)c3cccc(C#N)c3)C2)n1Cc1ccccc1. The summed E-state index contributed by atoms with van der Waals surface area (Å²) in [5, 5.41) is 9.11. The summed E-state index contributed by atoms with van der Waals surface area (Å²) in [6.45, 7) is 4.41. The highest BCUT2D eigenvalue weighted by Crippen LogP contribution is 2.23. The Morgan fingerprint density at radius 1 is 1.20 bits per heavy atom. The summed E-state index contributed by atoms with van der Waals surface area (Å²) in [6, 6.07) is 19.5. The number of benzene rings is 2. The van der Waals surface area contributed by atoms with Crippen molar-refractivity contribution in [2.45, 2.75) is 32.7 Å². The number of nitrogens with zero attached hydrogens (tertiary/aromatic N) is 4. The maximum absolute atomic E-state index is 13.0. The molecule has 0 N–H and O–H groups in total. The molecule has 2 heterocycles. The van der Waals surface area contributed by atoms with E-state index in [1.807, 2.05) is 17.2 Å². The molecule has 1 fully saturated rings. The molecule has 3 aromatic rings. The minimum absolute atomic E-state index is 0.0145. The number of imidazole rings is 1. The van der Waals surface area contributed by atoms with Crippen molar-refractivity contribution >= 4 is 5.91 Å². The van der Waals surface area contributed by atoms with Crippen LogP contribution >= 0.6 is 0 Å². The molecule has 0 bridgehead atoms. The van der Waals surface area contributed by atoms with Crippen molar-refractivity contribution in [3.05, 3.63) is 89.0 Å². The van der Waals surface area contributed by atoms with Crippen LogP contribution < -0.4 is 0 Å². The van der Waals surface area contributed by atoms with Gasteiger partial charge in [0.25, 0.3) is 5.91 Å². The Hall–Kier alpha value is -3.39. The first-order chi connectivity index (χ1) is 14.6. The van der Waals surface area contributed by atoms with Gasteiger partial charge in [-0.15, -0.1) is 0 Å². The summed E-state index contributed by atoms with van der Waals surface area (Å²) < 4.78 is 2.28. The van der Waals surface area contributed by atoms with Crippen LogP contribution in [-0.4, -0.2) is 33.4 Å². The molecule has 0 spiro atoms. The maximum atomic E-state index is 13.0. The topological polar surface area (TPSA) is 61.9 Å². The number of rotatable bonds is 5. The van der Waals surface area contributed by atoms with Crippen LogP contribution in [0.3, 0.4) is 0 Å². The molecule has 4 rings (SSSR count). The molecule has 1 aromatic heterocycles. The molecule has 5 heteroatoms. The van der Waals surface area contributed by atoms with Crippen LogP contribution in [0.4, 0.5) is 0 Å². The van der Waals surface area contributed by atoms with Gasteiger partial charge in [0.2, 0.25) is 0 Å². The van der Waals surface area contributed by atoms with Gasteiger partial charge < -0.3 is 9.47 Å². The van der Waals surface area contributed by atoms with E-state index in [1.165, 1.54) is 5.56 Å². The molecule has 1 unspecified atom stereocenters. The fraction of sp³-hybridized carbons (Fsp3) is 0.320. The maximum Gasteiger partial charge on any atom is 0.253 e. The second-order valence-electron chi connectivity index (χ2n) is 8.04. The number of likely N-dealkylation sites (tertiary alicyclic amines) is 1. The van der Waals surface area contributed by atoms with Gasteiger partial charge in [-0.1, -0.05) is 36.4 Å². The molecular formula is C25H26N4O. The third-order valence-electron chi connectivity index (χ3n) is 5.84. The molecule has 1 amide bonds. The number of carbonyl (C=O) groups is 1. The largest absolute Gasteiger partial charge is 0.338 e. The molecule has 0 aliphatic carbocycles. The van der Waals surface area contributed by atoms with E-state index in [4.69, 9.17) is 5.26 Å². The van der Waals surface area contributed by atoms with Gasteiger partial charge in [0.1, 0.15) is 5.82 Å². The third kappa shape index (κ3) is 4.44.